The highest BCUT2D eigenvalue weighted by Gasteiger charge is 2.23. The quantitative estimate of drug-likeness (QED) is 0.828. The van der Waals surface area contributed by atoms with Crippen LogP contribution in [0.4, 0.5) is 0 Å². The molecule has 0 aromatic rings. The van der Waals surface area contributed by atoms with Gasteiger partial charge in [0.05, 0.1) is 6.04 Å². The third kappa shape index (κ3) is 3.90. The van der Waals surface area contributed by atoms with E-state index in [-0.39, 0.29) is 0 Å². The van der Waals surface area contributed by atoms with Gasteiger partial charge in [0.1, 0.15) is 0 Å². The molecule has 98 valence electrons. The lowest BCUT2D eigenvalue weighted by molar-refractivity contribution is 0.300. The highest BCUT2D eigenvalue weighted by atomic mass is 32.2. The zero-order chi connectivity index (χ0) is 12.1. The Morgan fingerprint density at radius 1 is 1.24 bits per heavy atom. The van der Waals surface area contributed by atoms with Gasteiger partial charge in [-0.15, -0.1) is 0 Å². The normalized spacial score (nSPS) is 34.2. The van der Waals surface area contributed by atoms with E-state index < -0.39 is 0 Å². The highest BCUT2D eigenvalue weighted by Crippen LogP contribution is 2.27. The summed E-state index contributed by atoms with van der Waals surface area (Å²) in [7, 11) is 0. The Balaban J connectivity index is 1.85. The van der Waals surface area contributed by atoms with Crippen LogP contribution in [0.25, 0.3) is 0 Å². The zero-order valence-corrected chi connectivity index (χ0v) is 12.1. The summed E-state index contributed by atoms with van der Waals surface area (Å²) in [6.07, 6.45) is 9.31. The Morgan fingerprint density at radius 3 is 2.88 bits per heavy atom. The molecule has 2 rings (SSSR count). The minimum Gasteiger partial charge on any atom is -0.362 e. The summed E-state index contributed by atoms with van der Waals surface area (Å²) < 4.78 is 0. The predicted octanol–water partition coefficient (Wildman–Crippen LogP) is 3.82. The van der Waals surface area contributed by atoms with Crippen LogP contribution in [0.3, 0.4) is 0 Å². The summed E-state index contributed by atoms with van der Waals surface area (Å²) in [6.45, 7) is 4.57. The van der Waals surface area contributed by atoms with Crippen LogP contribution in [0, 0.1) is 5.92 Å². The molecule has 0 radical (unpaired) electrons. The molecule has 0 amide bonds. The molecule has 3 atom stereocenters. The van der Waals surface area contributed by atoms with Crippen molar-refractivity contribution in [2.24, 2.45) is 10.9 Å². The van der Waals surface area contributed by atoms with Crippen molar-refractivity contribution in [2.45, 2.75) is 70.9 Å². The topological polar surface area (TPSA) is 24.4 Å². The summed E-state index contributed by atoms with van der Waals surface area (Å²) >= 11 is 1.92. The lowest BCUT2D eigenvalue weighted by Gasteiger charge is -2.31. The second-order valence-corrected chi connectivity index (χ2v) is 6.50. The molecule has 2 nitrogen and oxygen atoms in total. The van der Waals surface area contributed by atoms with Gasteiger partial charge in [0.15, 0.2) is 5.17 Å². The molecule has 3 unspecified atom stereocenters. The molecular formula is C14H26N2S. The average molecular weight is 254 g/mol. The number of nitrogens with zero attached hydrogens (tertiary/aromatic N) is 1. The van der Waals surface area contributed by atoms with Crippen molar-refractivity contribution in [3.05, 3.63) is 0 Å². The molecule has 1 aliphatic heterocycles. The van der Waals surface area contributed by atoms with E-state index in [4.69, 9.17) is 4.99 Å². The Labute approximate surface area is 110 Å². The van der Waals surface area contributed by atoms with Crippen LogP contribution in [0.1, 0.15) is 58.8 Å². The van der Waals surface area contributed by atoms with Crippen molar-refractivity contribution in [1.82, 2.24) is 5.32 Å². The first-order chi connectivity index (χ1) is 8.31. The van der Waals surface area contributed by atoms with Crippen molar-refractivity contribution in [3.63, 3.8) is 0 Å². The van der Waals surface area contributed by atoms with Crippen LogP contribution in [-0.4, -0.2) is 23.0 Å². The van der Waals surface area contributed by atoms with E-state index in [0.29, 0.717) is 12.1 Å². The van der Waals surface area contributed by atoms with Crippen LogP contribution in [0.15, 0.2) is 4.99 Å². The molecule has 1 fully saturated rings. The summed E-state index contributed by atoms with van der Waals surface area (Å²) in [5, 5.41) is 4.93. The highest BCUT2D eigenvalue weighted by molar-refractivity contribution is 8.13. The monoisotopic (exact) mass is 254 g/mol. The maximum Gasteiger partial charge on any atom is 0.157 e. The second kappa shape index (κ2) is 6.67. The molecule has 0 saturated heterocycles. The lowest BCUT2D eigenvalue weighted by Crippen LogP contribution is -2.38. The molecule has 1 saturated carbocycles. The lowest BCUT2D eigenvalue weighted by atomic mass is 9.84. The van der Waals surface area contributed by atoms with Crippen LogP contribution < -0.4 is 5.32 Å². The molecular weight excluding hydrogens is 228 g/mol. The maximum absolute atomic E-state index is 4.81. The van der Waals surface area contributed by atoms with Gasteiger partial charge in [-0.25, -0.2) is 0 Å². The van der Waals surface area contributed by atoms with E-state index in [0.717, 1.165) is 5.92 Å². The van der Waals surface area contributed by atoms with Crippen LogP contribution in [-0.2, 0) is 0 Å². The van der Waals surface area contributed by atoms with Crippen molar-refractivity contribution >= 4 is 16.9 Å². The standard InChI is InChI=1S/C14H26N2S/c1-3-11-6-5-7-13(10-11)16-14-15-12(4-2)8-9-17-14/h11-13H,3-10H2,1-2H3,(H,15,16). The van der Waals surface area contributed by atoms with Gasteiger partial charge in [0.25, 0.3) is 0 Å². The zero-order valence-electron chi connectivity index (χ0n) is 11.2. The van der Waals surface area contributed by atoms with Crippen molar-refractivity contribution < 1.29 is 0 Å². The van der Waals surface area contributed by atoms with Gasteiger partial charge in [0.2, 0.25) is 0 Å². The third-order valence-electron chi connectivity index (χ3n) is 4.15. The number of rotatable bonds is 3. The summed E-state index contributed by atoms with van der Waals surface area (Å²) in [4.78, 5) is 4.81. The fourth-order valence-electron chi connectivity index (χ4n) is 2.90. The van der Waals surface area contributed by atoms with Gasteiger partial charge in [-0.1, -0.05) is 44.9 Å². The molecule has 0 aromatic heterocycles. The predicted molar refractivity (Wildman–Crippen MR) is 77.8 cm³/mol. The number of nitrogens with one attached hydrogen (secondary N) is 1. The fraction of sp³-hybridized carbons (Fsp3) is 0.929. The largest absolute Gasteiger partial charge is 0.362 e. The van der Waals surface area contributed by atoms with Gasteiger partial charge < -0.3 is 5.32 Å². The molecule has 3 heteroatoms. The first-order valence-electron chi connectivity index (χ1n) is 7.29. The van der Waals surface area contributed by atoms with Crippen molar-refractivity contribution in [3.8, 4) is 0 Å². The van der Waals surface area contributed by atoms with Gasteiger partial charge in [-0.2, -0.15) is 0 Å². The van der Waals surface area contributed by atoms with Crippen LogP contribution >= 0.6 is 11.8 Å². The molecule has 2 aliphatic rings. The third-order valence-corrected chi connectivity index (χ3v) is 5.09. The van der Waals surface area contributed by atoms with Gasteiger partial charge >= 0.3 is 0 Å². The Hall–Kier alpha value is -0.180. The number of hydrogen-bond donors (Lipinski definition) is 1. The Kier molecular flexibility index (Phi) is 5.20. The minimum atomic E-state index is 0.573. The van der Waals surface area contributed by atoms with E-state index in [2.05, 4.69) is 19.2 Å². The molecule has 17 heavy (non-hydrogen) atoms. The fourth-order valence-corrected chi connectivity index (χ4v) is 3.96. The summed E-state index contributed by atoms with van der Waals surface area (Å²) in [6, 6.07) is 1.26. The maximum atomic E-state index is 4.81. The van der Waals surface area contributed by atoms with E-state index in [1.54, 1.807) is 0 Å². The molecule has 0 spiro atoms. The van der Waals surface area contributed by atoms with Gasteiger partial charge in [-0.05, 0) is 31.6 Å². The SMILES string of the molecule is CCC1CCCC(NC2=NC(CC)CCS2)C1. The van der Waals surface area contributed by atoms with Gasteiger partial charge in [0, 0.05) is 11.8 Å². The number of hydrogen-bond acceptors (Lipinski definition) is 3. The van der Waals surface area contributed by atoms with E-state index >= 15 is 0 Å². The first-order valence-corrected chi connectivity index (χ1v) is 8.27. The minimum absolute atomic E-state index is 0.573. The average Bonchev–Trinajstić information content (AvgIpc) is 2.39. The van der Waals surface area contributed by atoms with Crippen molar-refractivity contribution in [2.75, 3.05) is 5.75 Å². The Bertz CT molecular complexity index is 265. The second-order valence-electron chi connectivity index (χ2n) is 5.42. The van der Waals surface area contributed by atoms with Gasteiger partial charge in [-0.3, -0.25) is 4.99 Å². The van der Waals surface area contributed by atoms with Crippen molar-refractivity contribution in [1.29, 1.82) is 0 Å². The first kappa shape index (κ1) is 13.3. The molecule has 1 N–H and O–H groups in total. The molecule has 1 aliphatic carbocycles. The van der Waals surface area contributed by atoms with E-state index in [9.17, 15) is 0 Å². The Morgan fingerprint density at radius 2 is 2.12 bits per heavy atom. The number of aliphatic imine (C=N–C) groups is 1. The summed E-state index contributed by atoms with van der Waals surface area (Å²) in [5.74, 6) is 2.19. The van der Waals surface area contributed by atoms with E-state index in [1.165, 1.54) is 55.9 Å². The molecule has 0 bridgehead atoms. The van der Waals surface area contributed by atoms with E-state index in [1.807, 2.05) is 11.8 Å². The number of thioether (sulfide) groups is 1. The summed E-state index contributed by atoms with van der Waals surface area (Å²) in [5.41, 5.74) is 0. The molecule has 1 heterocycles. The smallest absolute Gasteiger partial charge is 0.157 e. The van der Waals surface area contributed by atoms with Crippen LogP contribution in [0.2, 0.25) is 0 Å². The molecule has 0 aromatic carbocycles. The van der Waals surface area contributed by atoms with Crippen LogP contribution in [0.5, 0.6) is 0 Å². The number of amidine groups is 1.